The van der Waals surface area contributed by atoms with Gasteiger partial charge in [-0.1, -0.05) is 22.9 Å². The first-order valence-corrected chi connectivity index (χ1v) is 5.51. The van der Waals surface area contributed by atoms with Crippen LogP contribution in [0.4, 0.5) is 5.69 Å². The van der Waals surface area contributed by atoms with Gasteiger partial charge in [-0.15, -0.1) is 0 Å². The summed E-state index contributed by atoms with van der Waals surface area (Å²) in [6, 6.07) is 3.77. The molecular formula is C11H14BrNO2. The minimum Gasteiger partial charge on any atom is -0.495 e. The first-order chi connectivity index (χ1) is 7.08. The van der Waals surface area contributed by atoms with Crippen LogP contribution in [0.15, 0.2) is 16.6 Å². The Kier molecular flexibility index (Phi) is 4.15. The third kappa shape index (κ3) is 2.96. The second-order valence-electron chi connectivity index (χ2n) is 3.20. The zero-order valence-corrected chi connectivity index (χ0v) is 10.6. The molecule has 4 heteroatoms. The Morgan fingerprint density at radius 2 is 2.20 bits per heavy atom. The van der Waals surface area contributed by atoms with E-state index in [0.29, 0.717) is 12.2 Å². The predicted molar refractivity (Wildman–Crippen MR) is 64.4 cm³/mol. The van der Waals surface area contributed by atoms with Crippen LogP contribution in [-0.2, 0) is 4.79 Å². The average molecular weight is 272 g/mol. The highest BCUT2D eigenvalue weighted by Gasteiger charge is 2.10. The third-order valence-corrected chi connectivity index (χ3v) is 2.53. The highest BCUT2D eigenvalue weighted by molar-refractivity contribution is 9.10. The van der Waals surface area contributed by atoms with Crippen molar-refractivity contribution in [3.05, 3.63) is 22.2 Å². The Bertz CT molecular complexity index is 377. The van der Waals surface area contributed by atoms with Crippen LogP contribution in [0, 0.1) is 6.92 Å². The summed E-state index contributed by atoms with van der Waals surface area (Å²) in [5.41, 5.74) is 1.72. The predicted octanol–water partition coefficient (Wildman–Crippen LogP) is 3.11. The highest BCUT2D eigenvalue weighted by Crippen LogP contribution is 2.32. The molecule has 0 aromatic heterocycles. The fraction of sp³-hybridized carbons (Fsp3) is 0.364. The molecule has 0 saturated carbocycles. The number of methoxy groups -OCH3 is 1. The number of benzene rings is 1. The van der Waals surface area contributed by atoms with Gasteiger partial charge >= 0.3 is 0 Å². The minimum atomic E-state index is -0.0151. The summed E-state index contributed by atoms with van der Waals surface area (Å²) in [5.74, 6) is 0.655. The highest BCUT2D eigenvalue weighted by atomic mass is 79.9. The summed E-state index contributed by atoms with van der Waals surface area (Å²) >= 11 is 3.38. The fourth-order valence-corrected chi connectivity index (χ4v) is 1.81. The number of carbonyl (C=O) groups is 1. The SMILES string of the molecule is CCC(=O)Nc1c(C)cc(Br)cc1OC. The monoisotopic (exact) mass is 271 g/mol. The Balaban J connectivity index is 3.09. The van der Waals surface area contributed by atoms with Crippen molar-refractivity contribution >= 4 is 27.5 Å². The molecule has 1 amide bonds. The molecule has 0 aliphatic carbocycles. The van der Waals surface area contributed by atoms with Crippen molar-refractivity contribution in [2.24, 2.45) is 0 Å². The largest absolute Gasteiger partial charge is 0.495 e. The first kappa shape index (κ1) is 12.0. The van der Waals surface area contributed by atoms with Gasteiger partial charge in [0.1, 0.15) is 5.75 Å². The van der Waals surface area contributed by atoms with E-state index in [2.05, 4.69) is 21.2 Å². The summed E-state index contributed by atoms with van der Waals surface area (Å²) in [4.78, 5) is 11.3. The van der Waals surface area contributed by atoms with Gasteiger partial charge in [0.2, 0.25) is 5.91 Å². The van der Waals surface area contributed by atoms with E-state index in [1.807, 2.05) is 26.0 Å². The van der Waals surface area contributed by atoms with Crippen LogP contribution in [0.5, 0.6) is 5.75 Å². The summed E-state index contributed by atoms with van der Waals surface area (Å²) in [7, 11) is 1.59. The molecule has 0 saturated heterocycles. The molecule has 0 atom stereocenters. The molecule has 82 valence electrons. The Labute approximate surface area is 97.9 Å². The summed E-state index contributed by atoms with van der Waals surface area (Å²) in [6.45, 7) is 3.74. The van der Waals surface area contributed by atoms with Crippen molar-refractivity contribution in [3.63, 3.8) is 0 Å². The number of amides is 1. The standard InChI is InChI=1S/C11H14BrNO2/c1-4-10(14)13-11-7(2)5-8(12)6-9(11)15-3/h5-6H,4H2,1-3H3,(H,13,14). The van der Waals surface area contributed by atoms with Gasteiger partial charge in [0, 0.05) is 10.9 Å². The second kappa shape index (κ2) is 5.16. The number of halogens is 1. The molecule has 0 aliphatic rings. The number of ether oxygens (including phenoxy) is 1. The van der Waals surface area contributed by atoms with Gasteiger partial charge in [0.25, 0.3) is 0 Å². The molecule has 0 aliphatic heterocycles. The van der Waals surface area contributed by atoms with E-state index >= 15 is 0 Å². The number of anilines is 1. The third-order valence-electron chi connectivity index (χ3n) is 2.07. The maximum Gasteiger partial charge on any atom is 0.224 e. The lowest BCUT2D eigenvalue weighted by atomic mass is 10.2. The minimum absolute atomic E-state index is 0.0151. The molecule has 1 aromatic rings. The van der Waals surface area contributed by atoms with Crippen molar-refractivity contribution < 1.29 is 9.53 Å². The Morgan fingerprint density at radius 3 is 2.73 bits per heavy atom. The second-order valence-corrected chi connectivity index (χ2v) is 4.12. The van der Waals surface area contributed by atoms with Gasteiger partial charge in [0.05, 0.1) is 12.8 Å². The topological polar surface area (TPSA) is 38.3 Å². The van der Waals surface area contributed by atoms with Gasteiger partial charge in [-0.25, -0.2) is 0 Å². The zero-order valence-electron chi connectivity index (χ0n) is 9.06. The molecule has 0 spiro atoms. The van der Waals surface area contributed by atoms with Crippen LogP contribution >= 0.6 is 15.9 Å². The molecule has 15 heavy (non-hydrogen) atoms. The van der Waals surface area contributed by atoms with Gasteiger partial charge < -0.3 is 10.1 Å². The van der Waals surface area contributed by atoms with Crippen molar-refractivity contribution in [3.8, 4) is 5.75 Å². The molecule has 0 bridgehead atoms. The Hall–Kier alpha value is -1.03. The number of carbonyl (C=O) groups excluding carboxylic acids is 1. The van der Waals surface area contributed by atoms with Crippen molar-refractivity contribution in [2.45, 2.75) is 20.3 Å². The zero-order chi connectivity index (χ0) is 11.4. The molecule has 3 nitrogen and oxygen atoms in total. The van der Waals surface area contributed by atoms with E-state index in [-0.39, 0.29) is 5.91 Å². The molecule has 0 unspecified atom stereocenters. The van der Waals surface area contributed by atoms with Crippen LogP contribution in [0.3, 0.4) is 0 Å². The first-order valence-electron chi connectivity index (χ1n) is 4.72. The van der Waals surface area contributed by atoms with Crippen LogP contribution in [0.25, 0.3) is 0 Å². The summed E-state index contributed by atoms with van der Waals surface area (Å²) < 4.78 is 6.14. The molecule has 1 rings (SSSR count). The molecule has 0 fully saturated rings. The lowest BCUT2D eigenvalue weighted by Gasteiger charge is -2.13. The van der Waals surface area contributed by atoms with E-state index < -0.39 is 0 Å². The van der Waals surface area contributed by atoms with Crippen LogP contribution in [-0.4, -0.2) is 13.0 Å². The van der Waals surface area contributed by atoms with E-state index in [1.165, 1.54) is 0 Å². The Morgan fingerprint density at radius 1 is 1.53 bits per heavy atom. The fourth-order valence-electron chi connectivity index (χ4n) is 1.26. The van der Waals surface area contributed by atoms with Crippen LogP contribution in [0.1, 0.15) is 18.9 Å². The van der Waals surface area contributed by atoms with Crippen molar-refractivity contribution in [1.82, 2.24) is 0 Å². The van der Waals surface area contributed by atoms with Crippen LogP contribution in [0.2, 0.25) is 0 Å². The van der Waals surface area contributed by atoms with Crippen molar-refractivity contribution in [1.29, 1.82) is 0 Å². The normalized spacial score (nSPS) is 9.87. The quantitative estimate of drug-likeness (QED) is 0.918. The molecule has 0 radical (unpaired) electrons. The lowest BCUT2D eigenvalue weighted by molar-refractivity contribution is -0.115. The van der Waals surface area contributed by atoms with Gasteiger partial charge in [-0.05, 0) is 24.6 Å². The van der Waals surface area contributed by atoms with Gasteiger partial charge in [-0.2, -0.15) is 0 Å². The van der Waals surface area contributed by atoms with Gasteiger partial charge in [0.15, 0.2) is 0 Å². The van der Waals surface area contributed by atoms with E-state index in [1.54, 1.807) is 7.11 Å². The number of hydrogen-bond donors (Lipinski definition) is 1. The molecular weight excluding hydrogens is 258 g/mol. The maximum absolute atomic E-state index is 11.3. The van der Waals surface area contributed by atoms with E-state index in [4.69, 9.17) is 4.74 Å². The van der Waals surface area contributed by atoms with Crippen molar-refractivity contribution in [2.75, 3.05) is 12.4 Å². The maximum atomic E-state index is 11.3. The summed E-state index contributed by atoms with van der Waals surface area (Å²) in [6.07, 6.45) is 0.457. The molecule has 1 N–H and O–H groups in total. The van der Waals surface area contributed by atoms with Crippen LogP contribution < -0.4 is 10.1 Å². The molecule has 0 heterocycles. The molecule has 1 aromatic carbocycles. The summed E-state index contributed by atoms with van der Waals surface area (Å²) in [5, 5.41) is 2.82. The number of nitrogens with one attached hydrogen (secondary N) is 1. The number of hydrogen-bond acceptors (Lipinski definition) is 2. The number of aryl methyl sites for hydroxylation is 1. The lowest BCUT2D eigenvalue weighted by Crippen LogP contribution is -2.11. The van der Waals surface area contributed by atoms with E-state index in [9.17, 15) is 4.79 Å². The average Bonchev–Trinajstić information content (AvgIpc) is 2.21. The number of rotatable bonds is 3. The van der Waals surface area contributed by atoms with Gasteiger partial charge in [-0.3, -0.25) is 4.79 Å². The smallest absolute Gasteiger partial charge is 0.224 e. The van der Waals surface area contributed by atoms with E-state index in [0.717, 1.165) is 15.7 Å².